The highest BCUT2D eigenvalue weighted by Crippen LogP contribution is 2.34. The van der Waals surface area contributed by atoms with Crippen LogP contribution in [0.5, 0.6) is 0 Å². The fraction of sp³-hybridized carbons (Fsp3) is 0.609. The molecule has 0 radical (unpaired) electrons. The summed E-state index contributed by atoms with van der Waals surface area (Å²) in [7, 11) is 0. The molecule has 0 aromatic heterocycles. The molecule has 1 fully saturated rings. The van der Waals surface area contributed by atoms with Crippen molar-refractivity contribution >= 4 is 5.97 Å². The number of esters is 1. The fourth-order valence-electron chi connectivity index (χ4n) is 3.36. The summed E-state index contributed by atoms with van der Waals surface area (Å²) in [5.74, 6) is -0.180. The van der Waals surface area contributed by atoms with Crippen molar-refractivity contribution in [3.05, 3.63) is 47.7 Å². The monoisotopic (exact) mass is 373 g/mol. The highest BCUT2D eigenvalue weighted by Gasteiger charge is 2.27. The molecule has 150 valence electrons. The van der Waals surface area contributed by atoms with Gasteiger partial charge >= 0.3 is 5.97 Å². The van der Waals surface area contributed by atoms with Crippen LogP contribution in [0.3, 0.4) is 0 Å². The third-order valence-corrected chi connectivity index (χ3v) is 4.51. The highest BCUT2D eigenvalue weighted by molar-refractivity contribution is 5.71. The van der Waals surface area contributed by atoms with E-state index in [9.17, 15) is 4.79 Å². The minimum atomic E-state index is -0.473. The maximum atomic E-state index is 12.6. The molecule has 1 atom stereocenters. The van der Waals surface area contributed by atoms with Gasteiger partial charge in [0.25, 0.3) is 0 Å². The van der Waals surface area contributed by atoms with Gasteiger partial charge in [0.2, 0.25) is 0 Å². The average Bonchev–Trinajstić information content (AvgIpc) is 2.57. The molecule has 1 unspecified atom stereocenters. The summed E-state index contributed by atoms with van der Waals surface area (Å²) < 4.78 is 11.1. The maximum absolute atomic E-state index is 12.6. The van der Waals surface area contributed by atoms with Crippen LogP contribution >= 0.6 is 0 Å². The molecule has 0 spiro atoms. The van der Waals surface area contributed by atoms with Crippen molar-refractivity contribution in [3.8, 4) is 0 Å². The van der Waals surface area contributed by atoms with E-state index in [1.54, 1.807) is 0 Å². The molecule has 27 heavy (non-hydrogen) atoms. The zero-order valence-electron chi connectivity index (χ0n) is 17.7. The first-order valence-electron chi connectivity index (χ1n) is 9.88. The Bertz CT molecular complexity index is 632. The number of carbonyl (C=O) groups excluding carboxylic acids is 1. The number of allylic oxidation sites excluding steroid dienone is 2. The summed E-state index contributed by atoms with van der Waals surface area (Å²) in [5.41, 5.74) is 1.92. The summed E-state index contributed by atoms with van der Waals surface area (Å²) in [6, 6.07) is 10.2. The topological polar surface area (TPSA) is 38.8 Å². The number of nitrogens with zero attached hydrogens (tertiary/aromatic N) is 1. The van der Waals surface area contributed by atoms with Crippen LogP contribution in [0.15, 0.2) is 42.1 Å². The molecule has 0 amide bonds. The van der Waals surface area contributed by atoms with Gasteiger partial charge in [0.05, 0.1) is 19.6 Å². The number of morpholine rings is 1. The summed E-state index contributed by atoms with van der Waals surface area (Å²) in [5, 5.41) is 0. The second-order valence-corrected chi connectivity index (χ2v) is 9.21. The van der Waals surface area contributed by atoms with Crippen molar-refractivity contribution in [2.45, 2.75) is 59.5 Å². The SMILES string of the molecule is CC(C)(C)OC(=O)CC(/C=C(\N1CCOCC1)C(C)(C)C)c1ccccc1. The van der Waals surface area contributed by atoms with Gasteiger partial charge in [-0.3, -0.25) is 4.79 Å². The van der Waals surface area contributed by atoms with Gasteiger partial charge in [-0.25, -0.2) is 0 Å². The van der Waals surface area contributed by atoms with Gasteiger partial charge in [0.15, 0.2) is 0 Å². The van der Waals surface area contributed by atoms with E-state index in [1.165, 1.54) is 5.70 Å². The lowest BCUT2D eigenvalue weighted by Crippen LogP contribution is -2.39. The van der Waals surface area contributed by atoms with Crippen LogP contribution in [0, 0.1) is 5.41 Å². The summed E-state index contributed by atoms with van der Waals surface area (Å²) >= 11 is 0. The van der Waals surface area contributed by atoms with Crippen molar-refractivity contribution in [1.82, 2.24) is 4.90 Å². The molecule has 4 heteroatoms. The van der Waals surface area contributed by atoms with Crippen molar-refractivity contribution in [1.29, 1.82) is 0 Å². The van der Waals surface area contributed by atoms with Gasteiger partial charge in [-0.1, -0.05) is 57.2 Å². The molecule has 0 bridgehead atoms. The van der Waals surface area contributed by atoms with E-state index in [0.717, 1.165) is 31.9 Å². The lowest BCUT2D eigenvalue weighted by atomic mass is 9.85. The lowest BCUT2D eigenvalue weighted by Gasteiger charge is -2.38. The summed E-state index contributed by atoms with van der Waals surface area (Å²) in [6.07, 6.45) is 2.61. The minimum absolute atomic E-state index is 0.0156. The summed E-state index contributed by atoms with van der Waals surface area (Å²) in [6.45, 7) is 15.7. The van der Waals surface area contributed by atoms with Gasteiger partial charge in [0, 0.05) is 30.1 Å². The third kappa shape index (κ3) is 7.02. The van der Waals surface area contributed by atoms with E-state index in [2.05, 4.69) is 43.9 Å². The largest absolute Gasteiger partial charge is 0.460 e. The van der Waals surface area contributed by atoms with E-state index >= 15 is 0 Å². The molecule has 1 aromatic rings. The molecule has 1 aromatic carbocycles. The predicted octanol–water partition coefficient (Wildman–Crippen LogP) is 4.76. The molecular formula is C23H35NO3. The minimum Gasteiger partial charge on any atom is -0.460 e. The van der Waals surface area contributed by atoms with Crippen LogP contribution < -0.4 is 0 Å². The third-order valence-electron chi connectivity index (χ3n) is 4.51. The Balaban J connectivity index is 2.34. The van der Waals surface area contributed by atoms with Crippen LogP contribution in [0.1, 0.15) is 59.4 Å². The molecule has 2 rings (SSSR count). The number of hydrogen-bond donors (Lipinski definition) is 0. The molecule has 0 aliphatic carbocycles. The van der Waals surface area contributed by atoms with E-state index in [4.69, 9.17) is 9.47 Å². The quantitative estimate of drug-likeness (QED) is 0.697. The standard InChI is InChI=1S/C23H35NO3/c1-22(2,3)20(24-12-14-26-15-13-24)16-19(18-10-8-7-9-11-18)17-21(25)27-23(4,5)6/h7-11,16,19H,12-15,17H2,1-6H3/b20-16-. The van der Waals surface area contributed by atoms with Crippen molar-refractivity contribution in [3.63, 3.8) is 0 Å². The fourth-order valence-corrected chi connectivity index (χ4v) is 3.36. The Morgan fingerprint density at radius 2 is 1.70 bits per heavy atom. The Morgan fingerprint density at radius 1 is 1.11 bits per heavy atom. The van der Waals surface area contributed by atoms with Gasteiger partial charge in [0.1, 0.15) is 5.60 Å². The Hall–Kier alpha value is -1.81. The van der Waals surface area contributed by atoms with Gasteiger partial charge in [-0.2, -0.15) is 0 Å². The van der Waals surface area contributed by atoms with E-state index in [-0.39, 0.29) is 17.3 Å². The molecule has 1 saturated heterocycles. The maximum Gasteiger partial charge on any atom is 0.307 e. The van der Waals surface area contributed by atoms with Crippen molar-refractivity contribution in [2.24, 2.45) is 5.41 Å². The highest BCUT2D eigenvalue weighted by atomic mass is 16.6. The average molecular weight is 374 g/mol. The number of ether oxygens (including phenoxy) is 2. The van der Waals surface area contributed by atoms with Crippen molar-refractivity contribution < 1.29 is 14.3 Å². The molecule has 1 heterocycles. The van der Waals surface area contributed by atoms with E-state index in [0.29, 0.717) is 6.42 Å². The lowest BCUT2D eigenvalue weighted by molar-refractivity contribution is -0.155. The van der Waals surface area contributed by atoms with Gasteiger partial charge in [-0.15, -0.1) is 0 Å². The second kappa shape index (κ2) is 8.92. The van der Waals surface area contributed by atoms with Crippen LogP contribution in [0.2, 0.25) is 0 Å². The van der Waals surface area contributed by atoms with Gasteiger partial charge < -0.3 is 14.4 Å². The second-order valence-electron chi connectivity index (χ2n) is 9.21. The first kappa shape index (κ1) is 21.5. The normalized spacial score (nSPS) is 17.6. The zero-order chi connectivity index (χ0) is 20.1. The molecular weight excluding hydrogens is 338 g/mol. The summed E-state index contributed by atoms with van der Waals surface area (Å²) in [4.78, 5) is 15.0. The van der Waals surface area contributed by atoms with Crippen LogP contribution in [-0.2, 0) is 14.3 Å². The van der Waals surface area contributed by atoms with Crippen LogP contribution in [-0.4, -0.2) is 42.8 Å². The number of rotatable bonds is 5. The van der Waals surface area contributed by atoms with Crippen LogP contribution in [0.25, 0.3) is 0 Å². The van der Waals surface area contributed by atoms with Gasteiger partial charge in [-0.05, 0) is 26.3 Å². The number of carbonyl (C=O) groups is 1. The Labute approximate surface area is 164 Å². The first-order valence-corrected chi connectivity index (χ1v) is 9.88. The Kier molecular flexibility index (Phi) is 7.10. The first-order chi connectivity index (χ1) is 12.6. The predicted molar refractivity (Wildman–Crippen MR) is 110 cm³/mol. The van der Waals surface area contributed by atoms with E-state index < -0.39 is 5.60 Å². The Morgan fingerprint density at radius 3 is 2.22 bits per heavy atom. The number of benzene rings is 1. The zero-order valence-corrected chi connectivity index (χ0v) is 17.7. The molecule has 1 aliphatic heterocycles. The van der Waals surface area contributed by atoms with Crippen molar-refractivity contribution in [2.75, 3.05) is 26.3 Å². The molecule has 1 aliphatic rings. The van der Waals surface area contributed by atoms with Crippen LogP contribution in [0.4, 0.5) is 0 Å². The smallest absolute Gasteiger partial charge is 0.307 e. The van der Waals surface area contributed by atoms with E-state index in [1.807, 2.05) is 39.0 Å². The number of hydrogen-bond acceptors (Lipinski definition) is 4. The molecule has 0 saturated carbocycles. The molecule has 4 nitrogen and oxygen atoms in total. The molecule has 0 N–H and O–H groups in total.